The molecule has 0 bridgehead atoms. The average molecular weight is 783 g/mol. The number of carbonyl (C=O) groups excluding carboxylic acids is 6. The first-order valence-electron chi connectivity index (χ1n) is 18.3. The molecule has 0 spiro atoms. The Bertz CT molecular complexity index is 1510. The highest BCUT2D eigenvalue weighted by atomic mass is 16.7. The molecule has 3 unspecified atom stereocenters. The summed E-state index contributed by atoms with van der Waals surface area (Å²) >= 11 is 0. The SMILES string of the molecule is C=CC(=O)OCCCCCCOC(=O)Oc1ccc(C(=O)OC2COC3C2OC[C@@H]3OC(=O)c2ccc(OC(=O)OCCCCCCOC(=O)C=C)cc2)cc1. The van der Waals surface area contributed by atoms with E-state index in [2.05, 4.69) is 13.2 Å². The normalized spacial score (nSPS) is 18.1. The van der Waals surface area contributed by atoms with Gasteiger partial charge in [0.15, 0.2) is 12.2 Å². The van der Waals surface area contributed by atoms with Crippen LogP contribution in [0.5, 0.6) is 11.5 Å². The quantitative estimate of drug-likeness (QED) is 0.0454. The highest BCUT2D eigenvalue weighted by Gasteiger charge is 2.51. The molecule has 16 heteroatoms. The third kappa shape index (κ3) is 14.5. The number of rotatable bonds is 22. The summed E-state index contributed by atoms with van der Waals surface area (Å²) in [5.74, 6) is -1.87. The van der Waals surface area contributed by atoms with Crippen LogP contribution >= 0.6 is 0 Å². The third-order valence-electron chi connectivity index (χ3n) is 8.40. The van der Waals surface area contributed by atoms with Crippen molar-refractivity contribution >= 4 is 36.2 Å². The van der Waals surface area contributed by atoms with Crippen molar-refractivity contribution in [2.24, 2.45) is 0 Å². The number of benzene rings is 2. The van der Waals surface area contributed by atoms with Crippen LogP contribution in [-0.4, -0.2) is 100 Å². The molecule has 4 atom stereocenters. The average Bonchev–Trinajstić information content (AvgIpc) is 3.79. The maximum Gasteiger partial charge on any atom is 0.513 e. The summed E-state index contributed by atoms with van der Waals surface area (Å²) in [4.78, 5) is 71.8. The van der Waals surface area contributed by atoms with Crippen LogP contribution < -0.4 is 9.47 Å². The smallest absolute Gasteiger partial charge is 0.463 e. The lowest BCUT2D eigenvalue weighted by Crippen LogP contribution is -2.36. The van der Waals surface area contributed by atoms with E-state index in [4.69, 9.17) is 47.4 Å². The van der Waals surface area contributed by atoms with Gasteiger partial charge in [0, 0.05) is 12.2 Å². The molecule has 2 aromatic carbocycles. The highest BCUT2D eigenvalue weighted by molar-refractivity contribution is 5.90. The molecule has 2 aliphatic heterocycles. The van der Waals surface area contributed by atoms with Crippen LogP contribution in [0.4, 0.5) is 9.59 Å². The van der Waals surface area contributed by atoms with Gasteiger partial charge >= 0.3 is 36.2 Å². The molecule has 0 aromatic heterocycles. The van der Waals surface area contributed by atoms with Crippen molar-refractivity contribution in [1.82, 2.24) is 0 Å². The van der Waals surface area contributed by atoms with Gasteiger partial charge in [-0.05, 0) is 99.9 Å². The van der Waals surface area contributed by atoms with E-state index in [0.717, 1.165) is 37.8 Å². The molecule has 0 N–H and O–H groups in total. The van der Waals surface area contributed by atoms with Crippen molar-refractivity contribution in [1.29, 1.82) is 0 Å². The molecule has 2 fully saturated rings. The van der Waals surface area contributed by atoms with Gasteiger partial charge in [0.05, 0.1) is 50.8 Å². The number of ether oxygens (including phenoxy) is 10. The summed E-state index contributed by atoms with van der Waals surface area (Å²) in [6.45, 7) is 7.65. The fourth-order valence-corrected chi connectivity index (χ4v) is 5.50. The molecule has 16 nitrogen and oxygen atoms in total. The van der Waals surface area contributed by atoms with Crippen molar-refractivity contribution in [3.05, 3.63) is 85.0 Å². The summed E-state index contributed by atoms with van der Waals surface area (Å²) in [7, 11) is 0. The predicted octanol–water partition coefficient (Wildman–Crippen LogP) is 5.85. The topological polar surface area (TPSA) is 195 Å². The van der Waals surface area contributed by atoms with Gasteiger partial charge in [-0.1, -0.05) is 13.2 Å². The minimum atomic E-state index is -0.880. The van der Waals surface area contributed by atoms with Crippen molar-refractivity contribution < 1.29 is 76.1 Å². The van der Waals surface area contributed by atoms with Crippen molar-refractivity contribution in [2.75, 3.05) is 39.6 Å². The van der Waals surface area contributed by atoms with Crippen LogP contribution in [0.3, 0.4) is 0 Å². The standard InChI is InChI=1S/C40H46O16/c1-3-33(41)47-21-9-5-7-11-23-49-39(45)53-29-17-13-27(14-18-29)37(43)55-31-25-51-36-32(26-52-35(31)36)56-38(44)28-15-19-30(20-16-28)54-40(46)50-24-12-8-6-10-22-48-34(42)4-2/h3-4,13-20,31-32,35-36H,1-2,5-12,21-26H2/t31-,32?,35?,36?/m0/s1. The summed E-state index contributed by atoms with van der Waals surface area (Å²) < 4.78 is 53.1. The van der Waals surface area contributed by atoms with E-state index in [9.17, 15) is 28.8 Å². The predicted molar refractivity (Wildman–Crippen MR) is 194 cm³/mol. The second-order valence-corrected chi connectivity index (χ2v) is 12.5. The largest absolute Gasteiger partial charge is 0.513 e. The summed E-state index contributed by atoms with van der Waals surface area (Å²) in [5.41, 5.74) is 0.402. The Morgan fingerprint density at radius 2 is 0.857 bits per heavy atom. The molecule has 2 saturated heterocycles. The fourth-order valence-electron chi connectivity index (χ4n) is 5.50. The Balaban J connectivity index is 1.10. The molecular weight excluding hydrogens is 736 g/mol. The fraction of sp³-hybridized carbons (Fsp3) is 0.450. The van der Waals surface area contributed by atoms with Gasteiger partial charge in [0.1, 0.15) is 23.7 Å². The maximum atomic E-state index is 12.9. The molecule has 0 aliphatic carbocycles. The number of hydrogen-bond donors (Lipinski definition) is 0. The Hall–Kier alpha value is -5.74. The van der Waals surface area contributed by atoms with Gasteiger partial charge in [-0.25, -0.2) is 28.8 Å². The van der Waals surface area contributed by atoms with Crippen molar-refractivity contribution in [3.63, 3.8) is 0 Å². The molecule has 0 amide bonds. The molecule has 2 aromatic rings. The molecule has 2 aliphatic rings. The molecule has 4 rings (SSSR count). The first kappa shape index (κ1) is 43.0. The number of unbranched alkanes of at least 4 members (excludes halogenated alkanes) is 6. The molecular formula is C40H46O16. The van der Waals surface area contributed by atoms with E-state index < -0.39 is 60.6 Å². The van der Waals surface area contributed by atoms with Gasteiger partial charge in [-0.15, -0.1) is 0 Å². The van der Waals surface area contributed by atoms with Gasteiger partial charge in [-0.2, -0.15) is 0 Å². The molecule has 2 heterocycles. The van der Waals surface area contributed by atoms with E-state index in [0.29, 0.717) is 38.9 Å². The number of carbonyl (C=O) groups is 6. The number of hydrogen-bond acceptors (Lipinski definition) is 16. The van der Waals surface area contributed by atoms with Gasteiger partial charge < -0.3 is 47.4 Å². The van der Waals surface area contributed by atoms with E-state index in [1.54, 1.807) is 0 Å². The van der Waals surface area contributed by atoms with Gasteiger partial charge in [0.2, 0.25) is 0 Å². The molecule has 56 heavy (non-hydrogen) atoms. The van der Waals surface area contributed by atoms with E-state index in [1.807, 2.05) is 0 Å². The zero-order chi connectivity index (χ0) is 40.1. The zero-order valence-corrected chi connectivity index (χ0v) is 30.9. The van der Waals surface area contributed by atoms with E-state index in [1.165, 1.54) is 48.5 Å². The Labute approximate surface area is 323 Å². The highest BCUT2D eigenvalue weighted by Crippen LogP contribution is 2.32. The van der Waals surface area contributed by atoms with Gasteiger partial charge in [0.25, 0.3) is 0 Å². The van der Waals surface area contributed by atoms with Crippen LogP contribution in [0, 0.1) is 0 Å². The lowest BCUT2D eigenvalue weighted by molar-refractivity contribution is -0.138. The van der Waals surface area contributed by atoms with E-state index >= 15 is 0 Å². The van der Waals surface area contributed by atoms with Crippen LogP contribution in [0.2, 0.25) is 0 Å². The monoisotopic (exact) mass is 782 g/mol. The molecule has 302 valence electrons. The first-order chi connectivity index (χ1) is 27.2. The lowest BCUT2D eigenvalue weighted by Gasteiger charge is -2.17. The Kier molecular flexibility index (Phi) is 17.8. The molecule has 0 radical (unpaired) electrons. The van der Waals surface area contributed by atoms with Crippen LogP contribution in [0.1, 0.15) is 72.1 Å². The number of esters is 4. The number of fused-ring (bicyclic) bond motifs is 1. The zero-order valence-electron chi connectivity index (χ0n) is 30.9. The second kappa shape index (κ2) is 23.2. The minimum absolute atomic E-state index is 0.0281. The Morgan fingerprint density at radius 1 is 0.518 bits per heavy atom. The summed E-state index contributed by atoms with van der Waals surface area (Å²) in [6, 6.07) is 11.5. The lowest BCUT2D eigenvalue weighted by atomic mass is 10.1. The van der Waals surface area contributed by atoms with Gasteiger partial charge in [-0.3, -0.25) is 0 Å². The van der Waals surface area contributed by atoms with Crippen molar-refractivity contribution in [2.45, 2.75) is 75.8 Å². The first-order valence-corrected chi connectivity index (χ1v) is 18.3. The summed E-state index contributed by atoms with van der Waals surface area (Å²) in [6.07, 6.45) is 3.40. The Morgan fingerprint density at radius 3 is 1.20 bits per heavy atom. The molecule has 0 saturated carbocycles. The van der Waals surface area contributed by atoms with E-state index in [-0.39, 0.29) is 49.1 Å². The maximum absolute atomic E-state index is 12.9. The third-order valence-corrected chi connectivity index (χ3v) is 8.40. The van der Waals surface area contributed by atoms with Crippen LogP contribution in [-0.2, 0) is 47.5 Å². The summed E-state index contributed by atoms with van der Waals surface area (Å²) in [5, 5.41) is 0. The second-order valence-electron chi connectivity index (χ2n) is 12.5. The minimum Gasteiger partial charge on any atom is -0.463 e. The van der Waals surface area contributed by atoms with Crippen LogP contribution in [0.15, 0.2) is 73.8 Å². The van der Waals surface area contributed by atoms with Crippen LogP contribution in [0.25, 0.3) is 0 Å². The van der Waals surface area contributed by atoms with Crippen molar-refractivity contribution in [3.8, 4) is 11.5 Å².